The van der Waals surface area contributed by atoms with E-state index in [4.69, 9.17) is 0 Å². The molecule has 0 bridgehead atoms. The maximum atomic E-state index is 13.5. The molecule has 0 spiro atoms. The van der Waals surface area contributed by atoms with E-state index in [-0.39, 0.29) is 16.8 Å². The fraction of sp³-hybridized carbons (Fsp3) is 0.647. The van der Waals surface area contributed by atoms with E-state index >= 15 is 0 Å². The summed E-state index contributed by atoms with van der Waals surface area (Å²) >= 11 is 0. The van der Waals surface area contributed by atoms with Crippen LogP contribution in [0, 0.1) is 11.7 Å². The SMILES string of the molecule is CCC1CC(CNC(C)(C)C)(c2cccc(F)c2)C1. The van der Waals surface area contributed by atoms with Crippen LogP contribution in [-0.4, -0.2) is 12.1 Å². The minimum absolute atomic E-state index is 0.109. The van der Waals surface area contributed by atoms with E-state index in [1.54, 1.807) is 6.07 Å². The lowest BCUT2D eigenvalue weighted by Crippen LogP contribution is -2.52. The Balaban J connectivity index is 2.17. The molecule has 1 aliphatic rings. The molecule has 1 saturated carbocycles. The average Bonchev–Trinajstić information content (AvgIpc) is 2.26. The minimum atomic E-state index is -0.118. The van der Waals surface area contributed by atoms with Crippen LogP contribution >= 0.6 is 0 Å². The van der Waals surface area contributed by atoms with Crippen molar-refractivity contribution >= 4 is 0 Å². The molecule has 0 aromatic heterocycles. The maximum Gasteiger partial charge on any atom is 0.123 e. The normalized spacial score (nSPS) is 27.1. The number of halogens is 1. The summed E-state index contributed by atoms with van der Waals surface area (Å²) in [6.45, 7) is 9.74. The summed E-state index contributed by atoms with van der Waals surface area (Å²) in [5, 5.41) is 3.60. The first kappa shape index (κ1) is 14.5. The summed E-state index contributed by atoms with van der Waals surface area (Å²) in [7, 11) is 0. The number of benzene rings is 1. The molecule has 0 atom stereocenters. The van der Waals surface area contributed by atoms with E-state index in [1.165, 1.54) is 25.3 Å². The second kappa shape index (κ2) is 5.24. The average molecular weight is 263 g/mol. The molecule has 106 valence electrons. The smallest absolute Gasteiger partial charge is 0.123 e. The molecule has 1 fully saturated rings. The summed E-state index contributed by atoms with van der Waals surface area (Å²) in [5.74, 6) is 0.678. The molecule has 0 saturated heterocycles. The van der Waals surface area contributed by atoms with Gasteiger partial charge >= 0.3 is 0 Å². The molecule has 0 aliphatic heterocycles. The van der Waals surface area contributed by atoms with E-state index in [0.717, 1.165) is 18.0 Å². The van der Waals surface area contributed by atoms with E-state index in [2.05, 4.69) is 39.1 Å². The predicted octanol–water partition coefficient (Wildman–Crippen LogP) is 4.27. The van der Waals surface area contributed by atoms with Crippen LogP contribution in [0.4, 0.5) is 4.39 Å². The second-order valence-electron chi connectivity index (χ2n) is 7.08. The third-order valence-electron chi connectivity index (χ3n) is 4.33. The van der Waals surface area contributed by atoms with Crippen molar-refractivity contribution < 1.29 is 4.39 Å². The fourth-order valence-corrected chi connectivity index (χ4v) is 3.07. The van der Waals surface area contributed by atoms with Gasteiger partial charge in [-0.3, -0.25) is 0 Å². The zero-order chi connectivity index (χ0) is 14.1. The number of nitrogens with one attached hydrogen (secondary N) is 1. The van der Waals surface area contributed by atoms with E-state index in [9.17, 15) is 4.39 Å². The molecule has 1 aromatic rings. The first-order chi connectivity index (χ1) is 8.85. The lowest BCUT2D eigenvalue weighted by atomic mass is 9.57. The Kier molecular flexibility index (Phi) is 4.00. The van der Waals surface area contributed by atoms with Gasteiger partial charge in [0.15, 0.2) is 0 Å². The first-order valence-corrected chi connectivity index (χ1v) is 7.36. The monoisotopic (exact) mass is 263 g/mol. The Morgan fingerprint density at radius 2 is 2.00 bits per heavy atom. The van der Waals surface area contributed by atoms with Crippen molar-refractivity contribution in [3.05, 3.63) is 35.6 Å². The summed E-state index contributed by atoms with van der Waals surface area (Å²) in [6.07, 6.45) is 3.58. The lowest BCUT2D eigenvalue weighted by molar-refractivity contribution is 0.124. The van der Waals surface area contributed by atoms with Crippen LogP contribution in [0.3, 0.4) is 0 Å². The van der Waals surface area contributed by atoms with Crippen LogP contribution in [0.1, 0.15) is 52.5 Å². The van der Waals surface area contributed by atoms with Gasteiger partial charge in [0.1, 0.15) is 5.82 Å². The van der Waals surface area contributed by atoms with Crippen molar-refractivity contribution in [1.29, 1.82) is 0 Å². The number of rotatable bonds is 4. The molecule has 2 heteroatoms. The molecule has 0 heterocycles. The third kappa shape index (κ3) is 3.36. The summed E-state index contributed by atoms with van der Waals surface area (Å²) < 4.78 is 13.5. The van der Waals surface area contributed by atoms with Crippen molar-refractivity contribution in [3.8, 4) is 0 Å². The Morgan fingerprint density at radius 3 is 2.53 bits per heavy atom. The lowest BCUT2D eigenvalue weighted by Gasteiger charge is -2.49. The van der Waals surface area contributed by atoms with Crippen LogP contribution < -0.4 is 5.32 Å². The van der Waals surface area contributed by atoms with Gasteiger partial charge in [-0.05, 0) is 57.2 Å². The van der Waals surface area contributed by atoms with Gasteiger partial charge in [0.2, 0.25) is 0 Å². The van der Waals surface area contributed by atoms with Crippen molar-refractivity contribution in [2.75, 3.05) is 6.54 Å². The van der Waals surface area contributed by atoms with Crippen molar-refractivity contribution in [2.24, 2.45) is 5.92 Å². The Bertz CT molecular complexity index is 427. The Morgan fingerprint density at radius 1 is 1.32 bits per heavy atom. The van der Waals surface area contributed by atoms with Gasteiger partial charge < -0.3 is 5.32 Å². The zero-order valence-electron chi connectivity index (χ0n) is 12.6. The van der Waals surface area contributed by atoms with Crippen molar-refractivity contribution in [3.63, 3.8) is 0 Å². The van der Waals surface area contributed by atoms with Gasteiger partial charge in [-0.15, -0.1) is 0 Å². The molecule has 1 aliphatic carbocycles. The topological polar surface area (TPSA) is 12.0 Å². The second-order valence-corrected chi connectivity index (χ2v) is 7.08. The standard InChI is InChI=1S/C17H26FN/c1-5-13-10-17(11-13,12-19-16(2,3)4)14-7-6-8-15(18)9-14/h6-9,13,19H,5,10-12H2,1-4H3. The van der Waals surface area contributed by atoms with Crippen LogP contribution in [0.25, 0.3) is 0 Å². The van der Waals surface area contributed by atoms with Crippen LogP contribution in [0.5, 0.6) is 0 Å². The molecule has 0 unspecified atom stereocenters. The van der Waals surface area contributed by atoms with Gasteiger partial charge in [0, 0.05) is 17.5 Å². The quantitative estimate of drug-likeness (QED) is 0.855. The van der Waals surface area contributed by atoms with Gasteiger partial charge in [0.05, 0.1) is 0 Å². The first-order valence-electron chi connectivity index (χ1n) is 7.36. The maximum absolute atomic E-state index is 13.5. The van der Waals surface area contributed by atoms with Crippen molar-refractivity contribution in [1.82, 2.24) is 5.32 Å². The number of hydrogen-bond acceptors (Lipinski definition) is 1. The molecule has 19 heavy (non-hydrogen) atoms. The fourth-order valence-electron chi connectivity index (χ4n) is 3.07. The van der Waals surface area contributed by atoms with Gasteiger partial charge in [-0.2, -0.15) is 0 Å². The Hall–Kier alpha value is -0.890. The molecule has 1 aromatic carbocycles. The van der Waals surface area contributed by atoms with Crippen LogP contribution in [0.15, 0.2) is 24.3 Å². The van der Waals surface area contributed by atoms with Gasteiger partial charge in [0.25, 0.3) is 0 Å². The van der Waals surface area contributed by atoms with E-state index in [0.29, 0.717) is 0 Å². The highest BCUT2D eigenvalue weighted by molar-refractivity contribution is 5.30. The molecular weight excluding hydrogens is 237 g/mol. The summed E-state index contributed by atoms with van der Waals surface area (Å²) in [4.78, 5) is 0. The third-order valence-corrected chi connectivity index (χ3v) is 4.33. The van der Waals surface area contributed by atoms with E-state index < -0.39 is 0 Å². The Labute approximate surface area is 116 Å². The molecule has 0 radical (unpaired) electrons. The highest BCUT2D eigenvalue weighted by Gasteiger charge is 2.44. The largest absolute Gasteiger partial charge is 0.311 e. The molecule has 1 N–H and O–H groups in total. The van der Waals surface area contributed by atoms with E-state index in [1.807, 2.05) is 6.07 Å². The van der Waals surface area contributed by atoms with Crippen molar-refractivity contribution in [2.45, 2.75) is 57.9 Å². The molecular formula is C17H26FN. The van der Waals surface area contributed by atoms with Crippen LogP contribution in [-0.2, 0) is 5.41 Å². The van der Waals surface area contributed by atoms with Crippen LogP contribution in [0.2, 0.25) is 0 Å². The summed E-state index contributed by atoms with van der Waals surface area (Å²) in [6, 6.07) is 7.17. The van der Waals surface area contributed by atoms with Gasteiger partial charge in [-0.25, -0.2) is 4.39 Å². The number of hydrogen-bond donors (Lipinski definition) is 1. The highest BCUT2D eigenvalue weighted by atomic mass is 19.1. The highest BCUT2D eigenvalue weighted by Crippen LogP contribution is 2.49. The zero-order valence-corrected chi connectivity index (χ0v) is 12.6. The molecule has 1 nitrogen and oxygen atoms in total. The molecule has 0 amide bonds. The summed E-state index contributed by atoms with van der Waals surface area (Å²) in [5.41, 5.74) is 1.40. The minimum Gasteiger partial charge on any atom is -0.311 e. The molecule has 2 rings (SSSR count). The predicted molar refractivity (Wildman–Crippen MR) is 78.8 cm³/mol. The van der Waals surface area contributed by atoms with Gasteiger partial charge in [-0.1, -0.05) is 25.5 Å².